The van der Waals surface area contributed by atoms with Gasteiger partial charge in [-0.3, -0.25) is 4.90 Å². The number of likely N-dealkylation sites (tertiary alicyclic amines) is 1. The SMILES string of the molecule is COc1cccc(NC2CCN([C@H](C)c3nc(C4CC4)no3)CC2)c1. The molecule has 2 fully saturated rings. The maximum absolute atomic E-state index is 5.50. The number of anilines is 1. The van der Waals surface area contributed by atoms with Crippen molar-refractivity contribution in [2.24, 2.45) is 0 Å². The number of aromatic nitrogens is 2. The number of ether oxygens (including phenoxy) is 1. The minimum Gasteiger partial charge on any atom is -0.497 e. The van der Waals surface area contributed by atoms with E-state index >= 15 is 0 Å². The van der Waals surface area contributed by atoms with Gasteiger partial charge < -0.3 is 14.6 Å². The van der Waals surface area contributed by atoms with Crippen molar-refractivity contribution >= 4 is 5.69 Å². The second-order valence-electron chi connectivity index (χ2n) is 7.13. The Morgan fingerprint density at radius 1 is 1.24 bits per heavy atom. The summed E-state index contributed by atoms with van der Waals surface area (Å²) in [5.41, 5.74) is 1.12. The molecule has 1 aliphatic heterocycles. The lowest BCUT2D eigenvalue weighted by Gasteiger charge is -2.35. The molecule has 0 unspecified atom stereocenters. The normalized spacial score (nSPS) is 20.4. The summed E-state index contributed by atoms with van der Waals surface area (Å²) in [6.07, 6.45) is 4.61. The number of methoxy groups -OCH3 is 1. The highest BCUT2D eigenvalue weighted by Gasteiger charge is 2.31. The monoisotopic (exact) mass is 342 g/mol. The summed E-state index contributed by atoms with van der Waals surface area (Å²) >= 11 is 0. The largest absolute Gasteiger partial charge is 0.497 e. The zero-order valence-electron chi connectivity index (χ0n) is 14.9. The molecule has 2 heterocycles. The van der Waals surface area contributed by atoms with Gasteiger partial charge in [0.2, 0.25) is 5.89 Å². The molecule has 1 aliphatic carbocycles. The Labute approximate surface area is 148 Å². The van der Waals surface area contributed by atoms with Crippen molar-refractivity contribution in [2.75, 3.05) is 25.5 Å². The van der Waals surface area contributed by atoms with Gasteiger partial charge in [0.25, 0.3) is 0 Å². The average molecular weight is 342 g/mol. The molecule has 1 saturated heterocycles. The van der Waals surface area contributed by atoms with Crippen molar-refractivity contribution in [3.63, 3.8) is 0 Å². The van der Waals surface area contributed by atoms with Crippen LogP contribution in [-0.2, 0) is 0 Å². The summed E-state index contributed by atoms with van der Waals surface area (Å²) in [6.45, 7) is 4.23. The van der Waals surface area contributed by atoms with E-state index < -0.39 is 0 Å². The van der Waals surface area contributed by atoms with Gasteiger partial charge in [-0.15, -0.1) is 0 Å². The highest BCUT2D eigenvalue weighted by Crippen LogP contribution is 2.38. The minimum absolute atomic E-state index is 0.192. The van der Waals surface area contributed by atoms with Crippen molar-refractivity contribution < 1.29 is 9.26 Å². The van der Waals surface area contributed by atoms with Gasteiger partial charge in [0, 0.05) is 36.8 Å². The number of hydrogen-bond donors (Lipinski definition) is 1. The van der Waals surface area contributed by atoms with E-state index in [1.807, 2.05) is 18.2 Å². The van der Waals surface area contributed by atoms with Gasteiger partial charge in [-0.05, 0) is 44.7 Å². The Balaban J connectivity index is 1.31. The van der Waals surface area contributed by atoms with Crippen LogP contribution < -0.4 is 10.1 Å². The first-order chi connectivity index (χ1) is 12.2. The maximum atomic E-state index is 5.50. The molecule has 1 atom stereocenters. The molecular weight excluding hydrogens is 316 g/mol. The number of nitrogens with zero attached hydrogens (tertiary/aromatic N) is 3. The van der Waals surface area contributed by atoms with Gasteiger partial charge in [0.15, 0.2) is 5.82 Å². The van der Waals surface area contributed by atoms with Gasteiger partial charge in [-0.25, -0.2) is 0 Å². The third-order valence-electron chi connectivity index (χ3n) is 5.28. The van der Waals surface area contributed by atoms with Crippen LogP contribution >= 0.6 is 0 Å². The van der Waals surface area contributed by atoms with Crippen LogP contribution in [0.2, 0.25) is 0 Å². The average Bonchev–Trinajstić information content (AvgIpc) is 3.39. The Bertz CT molecular complexity index is 705. The first kappa shape index (κ1) is 16.4. The van der Waals surface area contributed by atoms with Crippen molar-refractivity contribution in [3.8, 4) is 5.75 Å². The molecular formula is C19H26N4O2. The zero-order valence-corrected chi connectivity index (χ0v) is 14.9. The Kier molecular flexibility index (Phi) is 4.61. The molecule has 1 N–H and O–H groups in total. The second kappa shape index (κ2) is 7.04. The summed E-state index contributed by atoms with van der Waals surface area (Å²) < 4.78 is 10.8. The Morgan fingerprint density at radius 3 is 2.76 bits per heavy atom. The quantitative estimate of drug-likeness (QED) is 0.865. The third-order valence-corrected chi connectivity index (χ3v) is 5.28. The van der Waals surface area contributed by atoms with Crippen molar-refractivity contribution in [2.45, 2.75) is 50.6 Å². The lowest BCUT2D eigenvalue weighted by atomic mass is 10.0. The van der Waals surface area contributed by atoms with Crippen LogP contribution in [0.3, 0.4) is 0 Å². The molecule has 1 aromatic heterocycles. The summed E-state index contributed by atoms with van der Waals surface area (Å²) in [5.74, 6) is 3.10. The van der Waals surface area contributed by atoms with E-state index in [1.165, 1.54) is 12.8 Å². The lowest BCUT2D eigenvalue weighted by Crippen LogP contribution is -2.40. The number of hydrogen-bond acceptors (Lipinski definition) is 6. The van der Waals surface area contributed by atoms with Gasteiger partial charge in [0.05, 0.1) is 13.2 Å². The summed E-state index contributed by atoms with van der Waals surface area (Å²) in [6, 6.07) is 8.81. The van der Waals surface area contributed by atoms with Crippen LogP contribution in [0.5, 0.6) is 5.75 Å². The predicted molar refractivity (Wildman–Crippen MR) is 95.9 cm³/mol. The summed E-state index contributed by atoms with van der Waals surface area (Å²) in [4.78, 5) is 7.04. The van der Waals surface area contributed by atoms with E-state index in [1.54, 1.807) is 7.11 Å². The van der Waals surface area contributed by atoms with Gasteiger partial charge in [-0.2, -0.15) is 4.98 Å². The molecule has 0 spiro atoms. The number of benzene rings is 1. The number of rotatable bonds is 6. The standard InChI is InChI=1S/C19H26N4O2/c1-13(19-21-18(22-25-19)14-6-7-14)23-10-8-15(9-11-23)20-16-4-3-5-17(12-16)24-2/h3-5,12-15,20H,6-11H2,1-2H3/t13-/m1/s1. The fourth-order valence-corrected chi connectivity index (χ4v) is 3.46. The number of nitrogens with one attached hydrogen (secondary N) is 1. The minimum atomic E-state index is 0.192. The zero-order chi connectivity index (χ0) is 17.2. The molecule has 25 heavy (non-hydrogen) atoms. The molecule has 0 amide bonds. The van der Waals surface area contributed by atoms with Crippen LogP contribution in [0.4, 0.5) is 5.69 Å². The summed E-state index contributed by atoms with van der Waals surface area (Å²) in [5, 5.41) is 7.77. The Hall–Kier alpha value is -2.08. The predicted octanol–water partition coefficient (Wildman–Crippen LogP) is 3.59. The molecule has 0 radical (unpaired) electrons. The first-order valence-corrected chi connectivity index (χ1v) is 9.21. The highest BCUT2D eigenvalue weighted by atomic mass is 16.5. The van der Waals surface area contributed by atoms with E-state index in [9.17, 15) is 0 Å². The fourth-order valence-electron chi connectivity index (χ4n) is 3.46. The lowest BCUT2D eigenvalue weighted by molar-refractivity contribution is 0.140. The van der Waals surface area contributed by atoms with Crippen LogP contribution in [0.25, 0.3) is 0 Å². The Morgan fingerprint density at radius 2 is 2.04 bits per heavy atom. The van der Waals surface area contributed by atoms with Crippen molar-refractivity contribution in [1.29, 1.82) is 0 Å². The second-order valence-corrected chi connectivity index (χ2v) is 7.13. The molecule has 6 heteroatoms. The first-order valence-electron chi connectivity index (χ1n) is 9.21. The molecule has 134 valence electrons. The number of piperidine rings is 1. The smallest absolute Gasteiger partial charge is 0.243 e. The van der Waals surface area contributed by atoms with E-state index in [0.29, 0.717) is 12.0 Å². The van der Waals surface area contributed by atoms with Gasteiger partial charge >= 0.3 is 0 Å². The summed E-state index contributed by atoms with van der Waals surface area (Å²) in [7, 11) is 1.70. The third kappa shape index (κ3) is 3.79. The molecule has 2 aliphatic rings. The van der Waals surface area contributed by atoms with Crippen molar-refractivity contribution in [3.05, 3.63) is 36.0 Å². The topological polar surface area (TPSA) is 63.4 Å². The molecule has 1 aromatic carbocycles. The molecule has 6 nitrogen and oxygen atoms in total. The van der Waals surface area contributed by atoms with Gasteiger partial charge in [0.1, 0.15) is 5.75 Å². The van der Waals surface area contributed by atoms with Crippen LogP contribution in [-0.4, -0.2) is 41.3 Å². The van der Waals surface area contributed by atoms with Gasteiger partial charge in [-0.1, -0.05) is 11.2 Å². The fraction of sp³-hybridized carbons (Fsp3) is 0.579. The highest BCUT2D eigenvalue weighted by molar-refractivity contribution is 5.48. The van der Waals surface area contributed by atoms with E-state index in [4.69, 9.17) is 9.26 Å². The maximum Gasteiger partial charge on any atom is 0.243 e. The van der Waals surface area contributed by atoms with E-state index in [0.717, 1.165) is 49.1 Å². The van der Waals surface area contributed by atoms with Crippen LogP contribution in [0, 0.1) is 0 Å². The molecule has 2 aromatic rings. The van der Waals surface area contributed by atoms with Crippen LogP contribution in [0.1, 0.15) is 56.3 Å². The van der Waals surface area contributed by atoms with E-state index in [2.05, 4.69) is 33.3 Å². The van der Waals surface area contributed by atoms with Crippen molar-refractivity contribution in [1.82, 2.24) is 15.0 Å². The molecule has 1 saturated carbocycles. The molecule has 0 bridgehead atoms. The molecule has 4 rings (SSSR count). The van der Waals surface area contributed by atoms with E-state index in [-0.39, 0.29) is 6.04 Å². The van der Waals surface area contributed by atoms with Crippen LogP contribution in [0.15, 0.2) is 28.8 Å².